The fourth-order valence-electron chi connectivity index (χ4n) is 2.41. The molecule has 0 spiro atoms. The van der Waals surface area contributed by atoms with Crippen molar-refractivity contribution >= 4 is 0 Å². The van der Waals surface area contributed by atoms with Gasteiger partial charge >= 0.3 is 0 Å². The Labute approximate surface area is 121 Å². The summed E-state index contributed by atoms with van der Waals surface area (Å²) >= 11 is 0. The summed E-state index contributed by atoms with van der Waals surface area (Å²) in [5.41, 5.74) is 8.46. The van der Waals surface area contributed by atoms with E-state index in [4.69, 9.17) is 10.5 Å². The molecule has 0 saturated carbocycles. The van der Waals surface area contributed by atoms with Gasteiger partial charge < -0.3 is 10.5 Å². The molecule has 0 saturated heterocycles. The first-order chi connectivity index (χ1) is 9.56. The number of hydrogen-bond donors (Lipinski definition) is 1. The van der Waals surface area contributed by atoms with E-state index in [0.717, 1.165) is 23.3 Å². The summed E-state index contributed by atoms with van der Waals surface area (Å²) in [6, 6.07) is 18.4. The van der Waals surface area contributed by atoms with Crippen LogP contribution in [0.15, 0.2) is 54.6 Å². The molecule has 1 unspecified atom stereocenters. The van der Waals surface area contributed by atoms with Crippen LogP contribution in [-0.4, -0.2) is 6.10 Å². The number of ether oxygens (including phenoxy) is 1. The number of rotatable bonds is 5. The molecule has 0 aliphatic carbocycles. The lowest BCUT2D eigenvalue weighted by atomic mass is 9.82. The molecule has 0 aromatic heterocycles. The quantitative estimate of drug-likeness (QED) is 0.887. The molecule has 0 amide bonds. The molecule has 2 rings (SSSR count). The molecule has 2 aromatic rings. The maximum Gasteiger partial charge on any atom is 0.119 e. The zero-order valence-electron chi connectivity index (χ0n) is 12.5. The lowest BCUT2D eigenvalue weighted by Gasteiger charge is -2.29. The van der Waals surface area contributed by atoms with Crippen molar-refractivity contribution in [1.82, 2.24) is 0 Å². The van der Waals surface area contributed by atoms with E-state index in [1.54, 1.807) is 0 Å². The molecule has 0 heterocycles. The molecule has 0 radical (unpaired) electrons. The third kappa shape index (κ3) is 3.02. The van der Waals surface area contributed by atoms with Gasteiger partial charge in [0.05, 0.1) is 11.6 Å². The van der Waals surface area contributed by atoms with Gasteiger partial charge in [-0.25, -0.2) is 0 Å². The van der Waals surface area contributed by atoms with Crippen molar-refractivity contribution < 1.29 is 4.74 Å². The van der Waals surface area contributed by atoms with Gasteiger partial charge in [0.2, 0.25) is 0 Å². The van der Waals surface area contributed by atoms with Crippen LogP contribution >= 0.6 is 0 Å². The first-order valence-electron chi connectivity index (χ1n) is 7.18. The minimum absolute atomic E-state index is 0.184. The smallest absolute Gasteiger partial charge is 0.119 e. The minimum atomic E-state index is -0.447. The third-order valence-electron chi connectivity index (χ3n) is 3.59. The highest BCUT2D eigenvalue weighted by Gasteiger charge is 2.27. The Hall–Kier alpha value is -1.80. The molecule has 0 aliphatic heterocycles. The summed E-state index contributed by atoms with van der Waals surface area (Å²) < 4.78 is 5.68. The highest BCUT2D eigenvalue weighted by molar-refractivity contribution is 5.40. The maximum atomic E-state index is 6.65. The first-order valence-corrected chi connectivity index (χ1v) is 7.18. The fraction of sp³-hybridized carbons (Fsp3) is 0.333. The van der Waals surface area contributed by atoms with Crippen molar-refractivity contribution in [3.63, 3.8) is 0 Å². The van der Waals surface area contributed by atoms with E-state index in [1.807, 2.05) is 44.2 Å². The van der Waals surface area contributed by atoms with Crippen molar-refractivity contribution in [2.24, 2.45) is 5.73 Å². The van der Waals surface area contributed by atoms with Crippen molar-refractivity contribution in [2.75, 3.05) is 0 Å². The van der Waals surface area contributed by atoms with Gasteiger partial charge in [-0.3, -0.25) is 0 Å². The topological polar surface area (TPSA) is 35.2 Å². The van der Waals surface area contributed by atoms with Crippen molar-refractivity contribution in [2.45, 2.75) is 38.8 Å². The molecule has 2 heteroatoms. The predicted octanol–water partition coefficient (Wildman–Crippen LogP) is 4.09. The monoisotopic (exact) mass is 269 g/mol. The van der Waals surface area contributed by atoms with E-state index in [2.05, 4.69) is 31.2 Å². The van der Waals surface area contributed by atoms with E-state index in [-0.39, 0.29) is 6.10 Å². The minimum Gasteiger partial charge on any atom is -0.491 e. The first kappa shape index (κ1) is 14.6. The van der Waals surface area contributed by atoms with Gasteiger partial charge in [0, 0.05) is 0 Å². The molecular weight excluding hydrogens is 246 g/mol. The van der Waals surface area contributed by atoms with Crippen LogP contribution in [0.1, 0.15) is 38.3 Å². The number of benzene rings is 2. The van der Waals surface area contributed by atoms with Crippen LogP contribution in [0, 0.1) is 0 Å². The van der Waals surface area contributed by atoms with E-state index in [9.17, 15) is 0 Å². The van der Waals surface area contributed by atoms with E-state index in [1.165, 1.54) is 0 Å². The highest BCUT2D eigenvalue weighted by atomic mass is 16.5. The molecule has 0 fully saturated rings. The van der Waals surface area contributed by atoms with Gasteiger partial charge in [0.15, 0.2) is 0 Å². The van der Waals surface area contributed by atoms with Gasteiger partial charge in [-0.15, -0.1) is 0 Å². The van der Waals surface area contributed by atoms with E-state index in [0.29, 0.717) is 0 Å². The van der Waals surface area contributed by atoms with E-state index >= 15 is 0 Å². The van der Waals surface area contributed by atoms with Crippen molar-refractivity contribution in [3.05, 3.63) is 65.7 Å². The van der Waals surface area contributed by atoms with Crippen molar-refractivity contribution in [3.8, 4) is 5.75 Å². The van der Waals surface area contributed by atoms with Gasteiger partial charge in [0.25, 0.3) is 0 Å². The normalized spacial score (nSPS) is 14.1. The molecule has 20 heavy (non-hydrogen) atoms. The van der Waals surface area contributed by atoms with Crippen LogP contribution < -0.4 is 10.5 Å². The molecule has 106 valence electrons. The molecular formula is C18H23NO. The number of nitrogens with two attached hydrogens (primary N) is 1. The standard InChI is InChI=1S/C18H23NO/c1-4-18(19,15-8-6-5-7-9-15)16-10-12-17(13-11-16)20-14(2)3/h5-14H,4,19H2,1-3H3. The second-order valence-electron chi connectivity index (χ2n) is 5.38. The van der Waals surface area contributed by atoms with Crippen LogP contribution in [0.4, 0.5) is 0 Å². The lowest BCUT2D eigenvalue weighted by molar-refractivity contribution is 0.242. The predicted molar refractivity (Wildman–Crippen MR) is 83.9 cm³/mol. The molecule has 2 nitrogen and oxygen atoms in total. The average Bonchev–Trinajstić information content (AvgIpc) is 2.47. The van der Waals surface area contributed by atoms with Gasteiger partial charge in [-0.2, -0.15) is 0 Å². The van der Waals surface area contributed by atoms with Crippen LogP contribution in [0.2, 0.25) is 0 Å². The molecule has 2 aromatic carbocycles. The second kappa shape index (κ2) is 6.10. The lowest BCUT2D eigenvalue weighted by Crippen LogP contribution is -2.37. The molecule has 0 aliphatic rings. The largest absolute Gasteiger partial charge is 0.491 e. The summed E-state index contributed by atoms with van der Waals surface area (Å²) in [6.07, 6.45) is 1.03. The summed E-state index contributed by atoms with van der Waals surface area (Å²) in [5, 5.41) is 0. The Morgan fingerprint density at radius 3 is 2.00 bits per heavy atom. The Balaban J connectivity index is 2.32. The molecule has 1 atom stereocenters. The maximum absolute atomic E-state index is 6.65. The van der Waals surface area contributed by atoms with Gasteiger partial charge in [-0.05, 0) is 43.5 Å². The van der Waals surface area contributed by atoms with Crippen LogP contribution in [-0.2, 0) is 5.54 Å². The fourth-order valence-corrected chi connectivity index (χ4v) is 2.41. The Morgan fingerprint density at radius 1 is 0.950 bits per heavy atom. The summed E-state index contributed by atoms with van der Waals surface area (Å²) in [4.78, 5) is 0. The van der Waals surface area contributed by atoms with Crippen LogP contribution in [0.25, 0.3) is 0 Å². The Bertz CT molecular complexity index is 533. The van der Waals surface area contributed by atoms with E-state index < -0.39 is 5.54 Å². The third-order valence-corrected chi connectivity index (χ3v) is 3.59. The Kier molecular flexibility index (Phi) is 4.46. The van der Waals surface area contributed by atoms with Crippen LogP contribution in [0.3, 0.4) is 0 Å². The second-order valence-corrected chi connectivity index (χ2v) is 5.38. The zero-order valence-corrected chi connectivity index (χ0v) is 12.5. The molecule has 2 N–H and O–H groups in total. The summed E-state index contributed by atoms with van der Waals surface area (Å²) in [7, 11) is 0. The highest BCUT2D eigenvalue weighted by Crippen LogP contribution is 2.31. The van der Waals surface area contributed by atoms with Gasteiger partial charge in [0.1, 0.15) is 5.75 Å². The van der Waals surface area contributed by atoms with Gasteiger partial charge in [-0.1, -0.05) is 49.4 Å². The zero-order chi connectivity index (χ0) is 14.6. The summed E-state index contributed by atoms with van der Waals surface area (Å²) in [6.45, 7) is 6.17. The average molecular weight is 269 g/mol. The number of hydrogen-bond acceptors (Lipinski definition) is 2. The van der Waals surface area contributed by atoms with Crippen LogP contribution in [0.5, 0.6) is 5.75 Å². The van der Waals surface area contributed by atoms with Crippen molar-refractivity contribution in [1.29, 1.82) is 0 Å². The Morgan fingerprint density at radius 2 is 1.50 bits per heavy atom. The molecule has 0 bridgehead atoms. The summed E-state index contributed by atoms with van der Waals surface area (Å²) in [5.74, 6) is 0.885. The SMILES string of the molecule is CCC(N)(c1ccccc1)c1ccc(OC(C)C)cc1.